The number of benzene rings is 1. The number of esters is 1. The molecule has 0 saturated carbocycles. The lowest BCUT2D eigenvalue weighted by Gasteiger charge is -2.11. The fourth-order valence-corrected chi connectivity index (χ4v) is 2.78. The molecule has 0 unspecified atom stereocenters. The van der Waals surface area contributed by atoms with E-state index < -0.39 is 11.5 Å². The Hall–Kier alpha value is -3.34. The highest BCUT2D eigenvalue weighted by Gasteiger charge is 2.18. The number of ether oxygens (including phenoxy) is 2. The van der Waals surface area contributed by atoms with Crippen molar-refractivity contribution in [2.75, 3.05) is 7.11 Å². The first kappa shape index (κ1) is 19.4. The van der Waals surface area contributed by atoms with E-state index in [9.17, 15) is 14.9 Å². The summed E-state index contributed by atoms with van der Waals surface area (Å²) in [7, 11) is 1.13. The van der Waals surface area contributed by atoms with Crippen LogP contribution in [0.3, 0.4) is 0 Å². The van der Waals surface area contributed by atoms with Crippen molar-refractivity contribution >= 4 is 40.9 Å². The van der Waals surface area contributed by atoms with Crippen molar-refractivity contribution in [1.29, 1.82) is 5.26 Å². The van der Waals surface area contributed by atoms with E-state index in [1.165, 1.54) is 22.7 Å². The molecule has 0 bridgehead atoms. The van der Waals surface area contributed by atoms with Gasteiger partial charge in [0.05, 0.1) is 12.1 Å². The van der Waals surface area contributed by atoms with E-state index in [4.69, 9.17) is 27.9 Å². The number of halogens is 2. The molecule has 0 N–H and O–H groups in total. The zero-order valence-corrected chi connectivity index (χ0v) is 15.9. The lowest BCUT2D eigenvalue weighted by Crippen LogP contribution is -2.19. The predicted molar refractivity (Wildman–Crippen MR) is 104 cm³/mol. The van der Waals surface area contributed by atoms with E-state index in [1.54, 1.807) is 30.3 Å². The second-order valence-corrected chi connectivity index (χ2v) is 6.25. The maximum Gasteiger partial charge on any atom is 0.348 e. The summed E-state index contributed by atoms with van der Waals surface area (Å²) in [6.07, 6.45) is 2.57. The Morgan fingerprint density at radius 3 is 2.75 bits per heavy atom. The summed E-state index contributed by atoms with van der Waals surface area (Å²) in [6, 6.07) is 11.2. The van der Waals surface area contributed by atoms with Crippen molar-refractivity contribution in [2.45, 2.75) is 0 Å². The number of nitrogens with zero attached hydrogens (tertiary/aromatic N) is 3. The van der Waals surface area contributed by atoms with Crippen molar-refractivity contribution in [3.05, 3.63) is 74.1 Å². The fraction of sp³-hybridized carbons (Fsp3) is 0.0526. The van der Waals surface area contributed by atoms with E-state index in [0.29, 0.717) is 10.7 Å². The molecule has 2 heterocycles. The molecule has 0 amide bonds. The van der Waals surface area contributed by atoms with Gasteiger partial charge in [-0.25, -0.2) is 4.79 Å². The maximum absolute atomic E-state index is 12.9. The number of carbonyl (C=O) groups is 1. The molecule has 1 aromatic carbocycles. The Morgan fingerprint density at radius 1 is 1.29 bits per heavy atom. The number of aromatic nitrogens is 2. The largest absolute Gasteiger partial charge is 0.465 e. The highest BCUT2D eigenvalue weighted by molar-refractivity contribution is 6.35. The Kier molecular flexibility index (Phi) is 5.64. The number of fused-ring (bicyclic) bond motifs is 1. The normalized spacial score (nSPS) is 11.1. The smallest absolute Gasteiger partial charge is 0.348 e. The topological polar surface area (TPSA) is 93.7 Å². The summed E-state index contributed by atoms with van der Waals surface area (Å²) >= 11 is 12.0. The number of methoxy groups -OCH3 is 1. The molecular weight excluding hydrogens is 405 g/mol. The van der Waals surface area contributed by atoms with Crippen molar-refractivity contribution in [3.8, 4) is 17.7 Å². The molecule has 0 aliphatic rings. The molecule has 3 aromatic rings. The first-order valence-electron chi connectivity index (χ1n) is 7.79. The van der Waals surface area contributed by atoms with E-state index >= 15 is 0 Å². The van der Waals surface area contributed by atoms with Crippen LogP contribution in [0.5, 0.6) is 11.6 Å². The summed E-state index contributed by atoms with van der Waals surface area (Å²) < 4.78 is 11.5. The molecular formula is C19H11Cl2N3O4. The summed E-state index contributed by atoms with van der Waals surface area (Å²) in [4.78, 5) is 29.0. The van der Waals surface area contributed by atoms with Crippen LogP contribution < -0.4 is 10.3 Å². The van der Waals surface area contributed by atoms with Gasteiger partial charge in [-0.2, -0.15) is 10.2 Å². The number of pyridine rings is 1. The van der Waals surface area contributed by atoms with Gasteiger partial charge in [0.15, 0.2) is 0 Å². The van der Waals surface area contributed by atoms with Gasteiger partial charge in [-0.1, -0.05) is 29.3 Å². The van der Waals surface area contributed by atoms with E-state index in [-0.39, 0.29) is 27.8 Å². The summed E-state index contributed by atoms with van der Waals surface area (Å²) in [5.74, 6) is -0.822. The van der Waals surface area contributed by atoms with E-state index in [0.717, 1.165) is 13.2 Å². The molecule has 140 valence electrons. The van der Waals surface area contributed by atoms with Crippen LogP contribution in [0.4, 0.5) is 0 Å². The maximum atomic E-state index is 12.9. The van der Waals surface area contributed by atoms with Crippen LogP contribution >= 0.6 is 23.2 Å². The molecule has 0 saturated heterocycles. The molecule has 0 spiro atoms. The van der Waals surface area contributed by atoms with Gasteiger partial charge in [0, 0.05) is 11.2 Å². The first-order chi connectivity index (χ1) is 13.4. The van der Waals surface area contributed by atoms with Crippen LogP contribution in [0.1, 0.15) is 5.56 Å². The number of nitriles is 1. The minimum atomic E-state index is -0.893. The van der Waals surface area contributed by atoms with Crippen LogP contribution in [0, 0.1) is 11.3 Å². The summed E-state index contributed by atoms with van der Waals surface area (Å²) in [5, 5.41) is 9.83. The molecule has 2 aromatic heterocycles. The molecule has 0 aliphatic carbocycles. The average Bonchev–Trinajstić information content (AvgIpc) is 2.69. The Labute approximate surface area is 169 Å². The Bertz CT molecular complexity index is 1210. The summed E-state index contributed by atoms with van der Waals surface area (Å²) in [5.41, 5.74) is -0.732. The molecule has 9 heteroatoms. The molecule has 0 radical (unpaired) electrons. The van der Waals surface area contributed by atoms with Gasteiger partial charge in [-0.15, -0.1) is 0 Å². The molecule has 0 atom stereocenters. The molecule has 7 nitrogen and oxygen atoms in total. The number of carbonyl (C=O) groups excluding carboxylic acids is 1. The quantitative estimate of drug-likeness (QED) is 0.364. The third kappa shape index (κ3) is 3.83. The van der Waals surface area contributed by atoms with Gasteiger partial charge in [0.2, 0.25) is 5.88 Å². The molecule has 0 aliphatic heterocycles. The van der Waals surface area contributed by atoms with E-state index in [1.807, 2.05) is 0 Å². The van der Waals surface area contributed by atoms with Crippen molar-refractivity contribution < 1.29 is 14.3 Å². The number of hydrogen-bond donors (Lipinski definition) is 0. The lowest BCUT2D eigenvalue weighted by atomic mass is 10.2. The van der Waals surface area contributed by atoms with Crippen molar-refractivity contribution in [1.82, 2.24) is 9.38 Å². The zero-order chi connectivity index (χ0) is 20.3. The molecule has 28 heavy (non-hydrogen) atoms. The standard InChI is InChI=1S/C19H11Cl2N3O4/c1-27-19(26)11(10-22)8-13-17(28-15-6-5-12(20)9-14(15)21)23-16-4-2-3-7-24(16)18(13)25/h2-9H,1H3/b11-8+. The Morgan fingerprint density at radius 2 is 2.07 bits per heavy atom. The monoisotopic (exact) mass is 415 g/mol. The SMILES string of the molecule is COC(=O)/C(C#N)=C/c1c(Oc2ccc(Cl)cc2Cl)nc2ccccn2c1=O. The second kappa shape index (κ2) is 8.13. The third-order valence-electron chi connectivity index (χ3n) is 3.65. The van der Waals surface area contributed by atoms with Crippen molar-refractivity contribution in [2.24, 2.45) is 0 Å². The van der Waals surface area contributed by atoms with Crippen LogP contribution in [0.25, 0.3) is 11.7 Å². The molecule has 3 rings (SSSR count). The second-order valence-electron chi connectivity index (χ2n) is 5.40. The Balaban J connectivity index is 2.25. The highest BCUT2D eigenvalue weighted by Crippen LogP contribution is 2.32. The highest BCUT2D eigenvalue weighted by atomic mass is 35.5. The minimum Gasteiger partial charge on any atom is -0.465 e. The number of rotatable bonds is 4. The first-order valence-corrected chi connectivity index (χ1v) is 8.54. The van der Waals surface area contributed by atoms with Crippen LogP contribution in [-0.4, -0.2) is 22.5 Å². The van der Waals surface area contributed by atoms with Gasteiger partial charge < -0.3 is 9.47 Å². The third-order valence-corrected chi connectivity index (χ3v) is 4.18. The van der Waals surface area contributed by atoms with Gasteiger partial charge in [-0.05, 0) is 36.4 Å². The fourth-order valence-electron chi connectivity index (χ4n) is 2.34. The summed E-state index contributed by atoms with van der Waals surface area (Å²) in [6.45, 7) is 0. The zero-order valence-electron chi connectivity index (χ0n) is 14.3. The van der Waals surface area contributed by atoms with Gasteiger partial charge in [0.25, 0.3) is 5.56 Å². The van der Waals surface area contributed by atoms with E-state index in [2.05, 4.69) is 9.72 Å². The predicted octanol–water partition coefficient (Wildman–Crippen LogP) is 3.87. The average molecular weight is 416 g/mol. The minimum absolute atomic E-state index is 0.114. The van der Waals surface area contributed by atoms with Crippen molar-refractivity contribution in [3.63, 3.8) is 0 Å². The molecule has 0 fully saturated rings. The van der Waals surface area contributed by atoms with Gasteiger partial charge >= 0.3 is 5.97 Å². The lowest BCUT2D eigenvalue weighted by molar-refractivity contribution is -0.135. The number of hydrogen-bond acceptors (Lipinski definition) is 6. The van der Waals surface area contributed by atoms with Crippen LogP contribution in [0.2, 0.25) is 10.0 Å². The van der Waals surface area contributed by atoms with Crippen LogP contribution in [-0.2, 0) is 9.53 Å². The van der Waals surface area contributed by atoms with Crippen LogP contribution in [0.15, 0.2) is 53.0 Å². The van der Waals surface area contributed by atoms with Gasteiger partial charge in [-0.3, -0.25) is 9.20 Å². The van der Waals surface area contributed by atoms with Gasteiger partial charge in [0.1, 0.15) is 28.6 Å².